The summed E-state index contributed by atoms with van der Waals surface area (Å²) in [5.74, 6) is 6.26. The summed E-state index contributed by atoms with van der Waals surface area (Å²) in [6.45, 7) is 2.05. The second-order valence-electron chi connectivity index (χ2n) is 4.36. The zero-order valence-electron chi connectivity index (χ0n) is 8.96. The summed E-state index contributed by atoms with van der Waals surface area (Å²) < 4.78 is 0. The van der Waals surface area contributed by atoms with E-state index in [1.54, 1.807) is 0 Å². The first-order valence-corrected chi connectivity index (χ1v) is 5.82. The van der Waals surface area contributed by atoms with Gasteiger partial charge in [0, 0.05) is 5.02 Å². The van der Waals surface area contributed by atoms with Gasteiger partial charge in [-0.15, -0.1) is 0 Å². The van der Waals surface area contributed by atoms with Crippen LogP contribution in [0.1, 0.15) is 36.4 Å². The van der Waals surface area contributed by atoms with Gasteiger partial charge in [0.2, 0.25) is 0 Å². The fourth-order valence-electron chi connectivity index (χ4n) is 2.14. The van der Waals surface area contributed by atoms with Gasteiger partial charge in [-0.1, -0.05) is 30.2 Å². The summed E-state index contributed by atoms with van der Waals surface area (Å²) in [5, 5.41) is 0.824. The van der Waals surface area contributed by atoms with Crippen molar-refractivity contribution in [2.75, 3.05) is 0 Å². The topological polar surface area (TPSA) is 38.0 Å². The SMILES string of the molecule is Cc1ccc(C(NN)C2CCC2)c(Cl)c1. The molecule has 1 aliphatic carbocycles. The molecule has 0 amide bonds. The fraction of sp³-hybridized carbons (Fsp3) is 0.500. The Labute approximate surface area is 95.8 Å². The predicted molar refractivity (Wildman–Crippen MR) is 63.6 cm³/mol. The molecule has 0 spiro atoms. The highest BCUT2D eigenvalue weighted by molar-refractivity contribution is 6.31. The van der Waals surface area contributed by atoms with E-state index in [4.69, 9.17) is 17.4 Å². The third-order valence-electron chi connectivity index (χ3n) is 3.29. The van der Waals surface area contributed by atoms with Crippen molar-refractivity contribution in [3.63, 3.8) is 0 Å². The van der Waals surface area contributed by atoms with E-state index in [9.17, 15) is 0 Å². The number of nitrogens with two attached hydrogens (primary N) is 1. The average molecular weight is 225 g/mol. The zero-order valence-corrected chi connectivity index (χ0v) is 9.72. The molecular weight excluding hydrogens is 208 g/mol. The van der Waals surface area contributed by atoms with Crippen molar-refractivity contribution in [1.29, 1.82) is 0 Å². The molecule has 2 rings (SSSR count). The van der Waals surface area contributed by atoms with Crippen molar-refractivity contribution in [1.82, 2.24) is 5.43 Å². The van der Waals surface area contributed by atoms with E-state index in [0.717, 1.165) is 10.6 Å². The van der Waals surface area contributed by atoms with E-state index in [2.05, 4.69) is 17.6 Å². The lowest BCUT2D eigenvalue weighted by Gasteiger charge is -2.34. The molecule has 1 unspecified atom stereocenters. The van der Waals surface area contributed by atoms with Gasteiger partial charge in [0.1, 0.15) is 0 Å². The summed E-state index contributed by atoms with van der Waals surface area (Å²) in [6.07, 6.45) is 3.81. The Kier molecular flexibility index (Phi) is 3.29. The molecule has 0 radical (unpaired) electrons. The Balaban J connectivity index is 2.25. The average Bonchev–Trinajstić information content (AvgIpc) is 2.12. The lowest BCUT2D eigenvalue weighted by molar-refractivity contribution is 0.232. The van der Waals surface area contributed by atoms with E-state index >= 15 is 0 Å². The molecule has 3 heteroatoms. The van der Waals surface area contributed by atoms with Gasteiger partial charge in [-0.3, -0.25) is 11.3 Å². The zero-order chi connectivity index (χ0) is 10.8. The molecular formula is C12H17ClN2. The van der Waals surface area contributed by atoms with Crippen LogP contribution in [0.5, 0.6) is 0 Å². The maximum Gasteiger partial charge on any atom is 0.0502 e. The highest BCUT2D eigenvalue weighted by Gasteiger charge is 2.28. The van der Waals surface area contributed by atoms with Crippen LogP contribution in [-0.4, -0.2) is 0 Å². The van der Waals surface area contributed by atoms with Gasteiger partial charge < -0.3 is 0 Å². The van der Waals surface area contributed by atoms with E-state index in [1.807, 2.05) is 13.0 Å². The lowest BCUT2D eigenvalue weighted by atomic mass is 9.77. The van der Waals surface area contributed by atoms with Crippen LogP contribution in [0.3, 0.4) is 0 Å². The second kappa shape index (κ2) is 4.52. The van der Waals surface area contributed by atoms with Gasteiger partial charge in [0.15, 0.2) is 0 Å². The largest absolute Gasteiger partial charge is 0.271 e. The number of hydrogen-bond acceptors (Lipinski definition) is 2. The number of hydrazine groups is 1. The van der Waals surface area contributed by atoms with E-state index in [1.165, 1.54) is 24.8 Å². The maximum atomic E-state index is 6.23. The van der Waals surface area contributed by atoms with E-state index < -0.39 is 0 Å². The summed E-state index contributed by atoms with van der Waals surface area (Å²) in [6, 6.07) is 6.39. The molecule has 0 saturated heterocycles. The van der Waals surface area contributed by atoms with E-state index in [-0.39, 0.29) is 6.04 Å². The van der Waals surface area contributed by atoms with Crippen molar-refractivity contribution in [2.24, 2.45) is 11.8 Å². The van der Waals surface area contributed by atoms with Crippen LogP contribution >= 0.6 is 11.6 Å². The minimum absolute atomic E-state index is 0.215. The van der Waals surface area contributed by atoms with Gasteiger partial charge in [-0.2, -0.15) is 0 Å². The van der Waals surface area contributed by atoms with Crippen molar-refractivity contribution in [3.05, 3.63) is 34.3 Å². The Morgan fingerprint density at radius 1 is 1.47 bits per heavy atom. The second-order valence-corrected chi connectivity index (χ2v) is 4.77. The maximum absolute atomic E-state index is 6.23. The van der Waals surface area contributed by atoms with Crippen LogP contribution in [0, 0.1) is 12.8 Å². The summed E-state index contributed by atoms with van der Waals surface area (Å²) in [7, 11) is 0. The Hall–Kier alpha value is -0.570. The molecule has 1 aromatic rings. The molecule has 1 aromatic carbocycles. The standard InChI is InChI=1S/C12H17ClN2/c1-8-5-6-10(11(13)7-8)12(15-14)9-3-2-4-9/h5-7,9,12,15H,2-4,14H2,1H3. The fourth-order valence-corrected chi connectivity index (χ4v) is 2.49. The quantitative estimate of drug-likeness (QED) is 0.612. The molecule has 0 heterocycles. The molecule has 0 aliphatic heterocycles. The molecule has 3 N–H and O–H groups in total. The number of halogens is 1. The van der Waals surface area contributed by atoms with Crippen LogP contribution in [0.2, 0.25) is 5.02 Å². The normalized spacial score (nSPS) is 18.6. The summed E-state index contributed by atoms with van der Waals surface area (Å²) in [5.41, 5.74) is 5.22. The van der Waals surface area contributed by atoms with Crippen molar-refractivity contribution < 1.29 is 0 Å². The van der Waals surface area contributed by atoms with Crippen LogP contribution in [0.4, 0.5) is 0 Å². The number of hydrogen-bond donors (Lipinski definition) is 2. The first kappa shape index (κ1) is 10.9. The van der Waals surface area contributed by atoms with Crippen LogP contribution < -0.4 is 11.3 Å². The van der Waals surface area contributed by atoms with Crippen molar-refractivity contribution in [3.8, 4) is 0 Å². The molecule has 82 valence electrons. The monoisotopic (exact) mass is 224 g/mol. The summed E-state index contributed by atoms with van der Waals surface area (Å²) >= 11 is 6.23. The number of rotatable bonds is 3. The minimum atomic E-state index is 0.215. The van der Waals surface area contributed by atoms with Gasteiger partial charge in [0.25, 0.3) is 0 Å². The van der Waals surface area contributed by atoms with Crippen LogP contribution in [0.25, 0.3) is 0 Å². The Bertz CT molecular complexity index is 347. The van der Waals surface area contributed by atoms with Crippen molar-refractivity contribution in [2.45, 2.75) is 32.2 Å². The van der Waals surface area contributed by atoms with Crippen LogP contribution in [0.15, 0.2) is 18.2 Å². The number of aryl methyl sites for hydroxylation is 1. The third-order valence-corrected chi connectivity index (χ3v) is 3.62. The molecule has 1 aliphatic rings. The highest BCUT2D eigenvalue weighted by Crippen LogP contribution is 2.39. The molecule has 1 saturated carbocycles. The number of benzene rings is 1. The van der Waals surface area contributed by atoms with Gasteiger partial charge in [-0.05, 0) is 42.9 Å². The highest BCUT2D eigenvalue weighted by atomic mass is 35.5. The van der Waals surface area contributed by atoms with Gasteiger partial charge >= 0.3 is 0 Å². The summed E-state index contributed by atoms with van der Waals surface area (Å²) in [4.78, 5) is 0. The Morgan fingerprint density at radius 3 is 2.67 bits per heavy atom. The molecule has 1 fully saturated rings. The molecule has 15 heavy (non-hydrogen) atoms. The molecule has 2 nitrogen and oxygen atoms in total. The predicted octanol–water partition coefficient (Wildman–Crippen LogP) is 2.95. The molecule has 0 bridgehead atoms. The lowest BCUT2D eigenvalue weighted by Crippen LogP contribution is -2.36. The van der Waals surface area contributed by atoms with Gasteiger partial charge in [-0.25, -0.2) is 0 Å². The smallest absolute Gasteiger partial charge is 0.0502 e. The molecule has 0 aromatic heterocycles. The van der Waals surface area contributed by atoms with E-state index in [0.29, 0.717) is 5.92 Å². The molecule has 1 atom stereocenters. The first-order valence-electron chi connectivity index (χ1n) is 5.44. The van der Waals surface area contributed by atoms with Crippen LogP contribution in [-0.2, 0) is 0 Å². The Morgan fingerprint density at radius 2 is 2.20 bits per heavy atom. The van der Waals surface area contributed by atoms with Crippen molar-refractivity contribution >= 4 is 11.6 Å². The van der Waals surface area contributed by atoms with Gasteiger partial charge in [0.05, 0.1) is 6.04 Å². The number of nitrogens with one attached hydrogen (secondary N) is 1. The minimum Gasteiger partial charge on any atom is -0.271 e. The third kappa shape index (κ3) is 2.17. The first-order chi connectivity index (χ1) is 7.22.